The number of nitrogens with zero attached hydrogens (tertiary/aromatic N) is 4. The van der Waals surface area contributed by atoms with Gasteiger partial charge in [0.15, 0.2) is 5.82 Å². The Labute approximate surface area is 186 Å². The molecule has 0 amide bonds. The minimum atomic E-state index is -1.06. The maximum absolute atomic E-state index is 12.6. The number of nitrogens with one attached hydrogen (secondary N) is 1. The van der Waals surface area contributed by atoms with Crippen LogP contribution in [0.4, 0.5) is 17.5 Å². The minimum Gasteiger partial charge on any atom is -0.611 e. The number of piperazine rings is 1. The molecule has 4 aliphatic rings. The number of hydrogen-bond acceptors (Lipinski definition) is 7. The van der Waals surface area contributed by atoms with E-state index in [-0.39, 0.29) is 12.1 Å². The van der Waals surface area contributed by atoms with E-state index in [4.69, 9.17) is 9.97 Å². The van der Waals surface area contributed by atoms with E-state index in [1.165, 1.54) is 11.3 Å². The van der Waals surface area contributed by atoms with Gasteiger partial charge in [-0.15, -0.1) is 0 Å². The lowest BCUT2D eigenvalue weighted by molar-refractivity contribution is 0.265. The standard InChI is InChI=1S/C23H29N5O2S/c1-15-2-4-16(5-3-15)27-12-17-6-7-18(13-27)28(17)22-24-19-8-11-31(30)20(19)21(25-22)26-23(14-29)9-10-23/h2-5,17-18,29H,6-14H2,1H3,(H,24,25,26)/t17-,18?,31?/m1/s1. The fraction of sp³-hybridized carbons (Fsp3) is 0.565. The molecule has 8 heteroatoms. The molecular weight excluding hydrogens is 410 g/mol. The van der Waals surface area contributed by atoms with Crippen molar-refractivity contribution >= 4 is 28.6 Å². The van der Waals surface area contributed by atoms with E-state index in [2.05, 4.69) is 46.3 Å². The van der Waals surface area contributed by atoms with Crippen LogP contribution in [0.5, 0.6) is 0 Å². The molecule has 7 nitrogen and oxygen atoms in total. The van der Waals surface area contributed by atoms with E-state index in [1.54, 1.807) is 0 Å². The predicted octanol–water partition coefficient (Wildman–Crippen LogP) is 2.24. The molecule has 6 rings (SSSR count). The molecule has 3 atom stereocenters. The second kappa shape index (κ2) is 7.25. The molecule has 0 radical (unpaired) electrons. The Morgan fingerprint density at radius 3 is 2.52 bits per heavy atom. The highest BCUT2D eigenvalue weighted by atomic mass is 32.2. The van der Waals surface area contributed by atoms with Gasteiger partial charge >= 0.3 is 0 Å². The summed E-state index contributed by atoms with van der Waals surface area (Å²) in [5.74, 6) is 2.06. The second-order valence-corrected chi connectivity index (χ2v) is 11.1. The van der Waals surface area contributed by atoms with Gasteiger partial charge in [0.25, 0.3) is 0 Å². The zero-order chi connectivity index (χ0) is 21.2. The van der Waals surface area contributed by atoms with Crippen LogP contribution in [-0.2, 0) is 17.6 Å². The highest BCUT2D eigenvalue weighted by molar-refractivity contribution is 7.91. The molecule has 1 aromatic heterocycles. The van der Waals surface area contributed by atoms with Gasteiger partial charge in [-0.05, 0) is 55.9 Å². The molecule has 1 aromatic carbocycles. The van der Waals surface area contributed by atoms with Gasteiger partial charge in [-0.25, -0.2) is 4.98 Å². The van der Waals surface area contributed by atoms with E-state index in [0.717, 1.165) is 61.7 Å². The number of aryl methyl sites for hydroxylation is 2. The quantitative estimate of drug-likeness (QED) is 0.691. The molecule has 0 spiro atoms. The average molecular weight is 440 g/mol. The molecule has 2 unspecified atom stereocenters. The summed E-state index contributed by atoms with van der Waals surface area (Å²) in [5, 5.41) is 13.2. The van der Waals surface area contributed by atoms with Gasteiger partial charge in [-0.1, -0.05) is 17.7 Å². The normalized spacial score (nSPS) is 28.0. The van der Waals surface area contributed by atoms with Crippen LogP contribution < -0.4 is 15.1 Å². The fourth-order valence-corrected chi connectivity index (χ4v) is 6.61. The summed E-state index contributed by atoms with van der Waals surface area (Å²) in [6, 6.07) is 9.56. The first-order chi connectivity index (χ1) is 15.0. The Balaban J connectivity index is 1.31. The first-order valence-electron chi connectivity index (χ1n) is 11.3. The number of anilines is 3. The van der Waals surface area contributed by atoms with Gasteiger partial charge in [0, 0.05) is 37.3 Å². The molecule has 2 N–H and O–H groups in total. The van der Waals surface area contributed by atoms with Crippen LogP contribution >= 0.6 is 0 Å². The molecule has 31 heavy (non-hydrogen) atoms. The Hall–Kier alpha value is -2.03. The molecule has 3 aliphatic heterocycles. The lowest BCUT2D eigenvalue weighted by atomic mass is 10.1. The summed E-state index contributed by atoms with van der Waals surface area (Å²) in [7, 11) is 0. The third-order valence-electron chi connectivity index (χ3n) is 7.33. The number of benzene rings is 1. The minimum absolute atomic E-state index is 0.0776. The summed E-state index contributed by atoms with van der Waals surface area (Å²) in [5.41, 5.74) is 3.19. The van der Waals surface area contributed by atoms with E-state index in [9.17, 15) is 9.66 Å². The predicted molar refractivity (Wildman–Crippen MR) is 122 cm³/mol. The highest BCUT2D eigenvalue weighted by Crippen LogP contribution is 2.43. The van der Waals surface area contributed by atoms with Crippen molar-refractivity contribution < 1.29 is 9.66 Å². The maximum Gasteiger partial charge on any atom is 0.228 e. The Bertz CT molecular complexity index is 982. The van der Waals surface area contributed by atoms with Crippen molar-refractivity contribution in [3.63, 3.8) is 0 Å². The summed E-state index contributed by atoms with van der Waals surface area (Å²) < 4.78 is 12.6. The number of rotatable bonds is 5. The lowest BCUT2D eigenvalue weighted by Crippen LogP contribution is -2.54. The van der Waals surface area contributed by atoms with Gasteiger partial charge in [-0.3, -0.25) is 0 Å². The van der Waals surface area contributed by atoms with Gasteiger partial charge in [0.2, 0.25) is 10.8 Å². The number of hydrogen-bond donors (Lipinski definition) is 2. The largest absolute Gasteiger partial charge is 0.611 e. The molecule has 1 aliphatic carbocycles. The molecule has 2 saturated heterocycles. The van der Waals surface area contributed by atoms with E-state index in [0.29, 0.717) is 23.7 Å². The third-order valence-corrected chi connectivity index (χ3v) is 8.79. The molecule has 1 saturated carbocycles. The van der Waals surface area contributed by atoms with Gasteiger partial charge in [0.05, 0.1) is 12.1 Å². The van der Waals surface area contributed by atoms with E-state index in [1.807, 2.05) is 0 Å². The summed E-state index contributed by atoms with van der Waals surface area (Å²) in [6.07, 6.45) is 4.86. The number of aliphatic hydroxyl groups is 1. The summed E-state index contributed by atoms with van der Waals surface area (Å²) >= 11 is -1.06. The van der Waals surface area contributed by atoms with E-state index >= 15 is 0 Å². The number of aliphatic hydroxyl groups excluding tert-OH is 1. The van der Waals surface area contributed by atoms with Crippen LogP contribution in [0.15, 0.2) is 29.2 Å². The van der Waals surface area contributed by atoms with Gasteiger partial charge < -0.3 is 24.8 Å². The van der Waals surface area contributed by atoms with Crippen LogP contribution in [0.1, 0.15) is 36.9 Å². The molecule has 3 fully saturated rings. The SMILES string of the molecule is Cc1ccc(N2CC3CC[C@H](C2)N3c2nc3c(c(NC4(CO)CC4)n2)[S+]([O-])CC3)cc1. The first-order valence-corrected chi connectivity index (χ1v) is 12.7. The van der Waals surface area contributed by atoms with E-state index < -0.39 is 11.2 Å². The van der Waals surface area contributed by atoms with Crippen LogP contribution in [0, 0.1) is 6.92 Å². The fourth-order valence-electron chi connectivity index (χ4n) is 5.30. The summed E-state index contributed by atoms with van der Waals surface area (Å²) in [4.78, 5) is 15.5. The van der Waals surface area contributed by atoms with Crippen LogP contribution in [0.25, 0.3) is 0 Å². The maximum atomic E-state index is 12.6. The second-order valence-electron chi connectivity index (χ2n) is 9.54. The Morgan fingerprint density at radius 1 is 1.16 bits per heavy atom. The Kier molecular flexibility index (Phi) is 4.59. The van der Waals surface area contributed by atoms with Crippen molar-refractivity contribution in [2.45, 2.75) is 61.5 Å². The first kappa shape index (κ1) is 19.6. The number of aromatic nitrogens is 2. The Morgan fingerprint density at radius 2 is 1.87 bits per heavy atom. The van der Waals surface area contributed by atoms with Crippen LogP contribution in [0.3, 0.4) is 0 Å². The zero-order valence-electron chi connectivity index (χ0n) is 17.9. The zero-order valence-corrected chi connectivity index (χ0v) is 18.7. The summed E-state index contributed by atoms with van der Waals surface area (Å²) in [6.45, 7) is 4.14. The molecular formula is C23H29N5O2S. The number of fused-ring (bicyclic) bond motifs is 3. The molecule has 4 heterocycles. The third kappa shape index (κ3) is 3.36. The smallest absolute Gasteiger partial charge is 0.228 e. The molecule has 164 valence electrons. The van der Waals surface area contributed by atoms with Crippen molar-refractivity contribution in [1.82, 2.24) is 9.97 Å². The van der Waals surface area contributed by atoms with Gasteiger partial charge in [-0.2, -0.15) is 4.98 Å². The molecule has 2 aromatic rings. The van der Waals surface area contributed by atoms with Crippen LogP contribution in [-0.4, -0.2) is 62.7 Å². The van der Waals surface area contributed by atoms with Gasteiger partial charge in [0.1, 0.15) is 11.4 Å². The topological polar surface area (TPSA) is 87.6 Å². The monoisotopic (exact) mass is 439 g/mol. The molecule has 2 bridgehead atoms. The highest BCUT2D eigenvalue weighted by Gasteiger charge is 2.46. The average Bonchev–Trinajstić information content (AvgIpc) is 3.37. The van der Waals surface area contributed by atoms with Crippen molar-refractivity contribution in [2.75, 3.05) is 40.6 Å². The van der Waals surface area contributed by atoms with Crippen molar-refractivity contribution in [3.05, 3.63) is 35.5 Å². The van der Waals surface area contributed by atoms with Crippen LogP contribution in [0.2, 0.25) is 0 Å². The van der Waals surface area contributed by atoms with Crippen molar-refractivity contribution in [2.24, 2.45) is 0 Å². The van der Waals surface area contributed by atoms with Crippen molar-refractivity contribution in [3.8, 4) is 0 Å². The lowest BCUT2D eigenvalue weighted by Gasteiger charge is -2.42. The van der Waals surface area contributed by atoms with Crippen molar-refractivity contribution in [1.29, 1.82) is 0 Å².